The second-order valence-electron chi connectivity index (χ2n) is 6.70. The van der Waals surface area contributed by atoms with Crippen LogP contribution in [-0.2, 0) is 17.8 Å². The fourth-order valence-electron chi connectivity index (χ4n) is 3.65. The van der Waals surface area contributed by atoms with Crippen LogP contribution in [0.1, 0.15) is 44.0 Å². The number of rotatable bonds is 5. The van der Waals surface area contributed by atoms with E-state index in [-0.39, 0.29) is 18.3 Å². The lowest BCUT2D eigenvalue weighted by Crippen LogP contribution is -2.34. The molecule has 3 rings (SSSR count). The number of H-pyrrole nitrogens is 1. The molecule has 1 amide bonds. The number of aromatic nitrogens is 2. The van der Waals surface area contributed by atoms with Gasteiger partial charge in [-0.1, -0.05) is 13.3 Å². The number of hydrogen-bond acceptors (Lipinski definition) is 3. The summed E-state index contributed by atoms with van der Waals surface area (Å²) in [7, 11) is 1.91. The Morgan fingerprint density at radius 2 is 2.18 bits per heavy atom. The van der Waals surface area contributed by atoms with Gasteiger partial charge in [0.05, 0.1) is 17.9 Å². The normalized spacial score (nSPS) is 22.2. The van der Waals surface area contributed by atoms with Crippen molar-refractivity contribution < 1.29 is 4.79 Å². The molecular formula is C16H27ClN4O. The van der Waals surface area contributed by atoms with Gasteiger partial charge in [0.1, 0.15) is 0 Å². The third kappa shape index (κ3) is 3.46. The number of aromatic amines is 1. The van der Waals surface area contributed by atoms with E-state index in [0.29, 0.717) is 17.9 Å². The Balaban J connectivity index is 0.00000176. The van der Waals surface area contributed by atoms with Gasteiger partial charge in [-0.15, -0.1) is 12.4 Å². The number of halogens is 1. The van der Waals surface area contributed by atoms with Crippen molar-refractivity contribution >= 4 is 18.3 Å². The van der Waals surface area contributed by atoms with Crippen molar-refractivity contribution in [3.63, 3.8) is 0 Å². The molecule has 1 aromatic rings. The summed E-state index contributed by atoms with van der Waals surface area (Å²) in [5.74, 6) is 0.561. The Bertz CT molecular complexity index is 510. The maximum absolute atomic E-state index is 12.6. The number of hydrogen-bond donors (Lipinski definition) is 2. The van der Waals surface area contributed by atoms with Crippen molar-refractivity contribution in [2.45, 2.75) is 45.6 Å². The number of amides is 1. The van der Waals surface area contributed by atoms with Crippen molar-refractivity contribution in [1.82, 2.24) is 20.4 Å². The van der Waals surface area contributed by atoms with Gasteiger partial charge in [0.15, 0.2) is 0 Å². The second kappa shape index (κ2) is 7.01. The molecule has 2 aliphatic rings. The van der Waals surface area contributed by atoms with Crippen molar-refractivity contribution in [3.05, 3.63) is 17.5 Å². The average Bonchev–Trinajstić information content (AvgIpc) is 2.97. The van der Waals surface area contributed by atoms with E-state index >= 15 is 0 Å². The topological polar surface area (TPSA) is 61.0 Å². The summed E-state index contributed by atoms with van der Waals surface area (Å²) < 4.78 is 0. The summed E-state index contributed by atoms with van der Waals surface area (Å²) in [6.07, 6.45) is 5.48. The molecule has 0 radical (unpaired) electrons. The monoisotopic (exact) mass is 326 g/mol. The van der Waals surface area contributed by atoms with Gasteiger partial charge in [0, 0.05) is 13.0 Å². The molecule has 2 fully saturated rings. The molecule has 6 heteroatoms. The van der Waals surface area contributed by atoms with E-state index in [2.05, 4.69) is 28.5 Å². The minimum Gasteiger partial charge on any atom is -0.340 e. The fraction of sp³-hybridized carbons (Fsp3) is 0.750. The highest BCUT2D eigenvalue weighted by atomic mass is 35.5. The first-order chi connectivity index (χ1) is 10.1. The molecule has 0 bridgehead atoms. The first kappa shape index (κ1) is 17.3. The van der Waals surface area contributed by atoms with Gasteiger partial charge >= 0.3 is 0 Å². The van der Waals surface area contributed by atoms with E-state index in [9.17, 15) is 4.79 Å². The molecule has 1 saturated heterocycles. The molecule has 1 aliphatic heterocycles. The number of nitrogens with zero attached hydrogens (tertiary/aromatic N) is 2. The molecule has 2 N–H and O–H groups in total. The zero-order chi connectivity index (χ0) is 14.9. The number of aryl methyl sites for hydroxylation is 1. The second-order valence-corrected chi connectivity index (χ2v) is 6.70. The van der Waals surface area contributed by atoms with Crippen molar-refractivity contribution in [2.75, 3.05) is 20.1 Å². The minimum atomic E-state index is 0. The van der Waals surface area contributed by atoms with Gasteiger partial charge in [-0.2, -0.15) is 5.10 Å². The molecule has 2 heterocycles. The van der Waals surface area contributed by atoms with Crippen LogP contribution in [0.2, 0.25) is 0 Å². The van der Waals surface area contributed by atoms with Crippen molar-refractivity contribution in [2.24, 2.45) is 11.3 Å². The van der Waals surface area contributed by atoms with Crippen LogP contribution in [0.15, 0.2) is 6.07 Å². The number of nitrogens with one attached hydrogen (secondary N) is 2. The smallest absolute Gasteiger partial charge is 0.226 e. The first-order valence-corrected chi connectivity index (χ1v) is 8.13. The lowest BCUT2D eigenvalue weighted by atomic mass is 9.91. The number of piperidine rings is 1. The predicted molar refractivity (Wildman–Crippen MR) is 88.9 cm³/mol. The van der Waals surface area contributed by atoms with E-state index in [1.807, 2.05) is 11.9 Å². The van der Waals surface area contributed by atoms with Crippen LogP contribution in [-0.4, -0.2) is 41.1 Å². The van der Waals surface area contributed by atoms with Crippen LogP contribution >= 0.6 is 12.4 Å². The van der Waals surface area contributed by atoms with E-state index in [1.54, 1.807) is 0 Å². The van der Waals surface area contributed by atoms with Crippen LogP contribution in [0.5, 0.6) is 0 Å². The van der Waals surface area contributed by atoms with Gasteiger partial charge in [0.2, 0.25) is 5.91 Å². The quantitative estimate of drug-likeness (QED) is 0.871. The minimum absolute atomic E-state index is 0. The van der Waals surface area contributed by atoms with Crippen LogP contribution < -0.4 is 5.32 Å². The SMILES string of the molecule is CCCc1cc(CN(C)C(=O)C2CC23CCNCC3)[nH]n1.Cl. The molecular weight excluding hydrogens is 300 g/mol. The zero-order valence-corrected chi connectivity index (χ0v) is 14.3. The van der Waals surface area contributed by atoms with E-state index in [4.69, 9.17) is 0 Å². The van der Waals surface area contributed by atoms with Gasteiger partial charge in [-0.05, 0) is 50.3 Å². The Morgan fingerprint density at radius 3 is 2.86 bits per heavy atom. The maximum atomic E-state index is 12.6. The van der Waals surface area contributed by atoms with Crippen LogP contribution in [0.4, 0.5) is 0 Å². The summed E-state index contributed by atoms with van der Waals surface area (Å²) in [6, 6.07) is 2.08. The third-order valence-electron chi connectivity index (χ3n) is 5.06. The maximum Gasteiger partial charge on any atom is 0.226 e. The molecule has 0 aromatic carbocycles. The van der Waals surface area contributed by atoms with E-state index in [1.165, 1.54) is 0 Å². The standard InChI is InChI=1S/C16H26N4O.ClH/c1-3-4-12-9-13(19-18-12)11-20(2)15(21)14-10-16(14)5-7-17-8-6-16;/h9,14,17H,3-8,10-11H2,1-2H3,(H,18,19);1H. The van der Waals surface area contributed by atoms with Gasteiger partial charge in [-0.25, -0.2) is 0 Å². The highest BCUT2D eigenvalue weighted by Gasteiger charge is 2.58. The van der Waals surface area contributed by atoms with E-state index < -0.39 is 0 Å². The molecule has 1 aliphatic carbocycles. The molecule has 124 valence electrons. The van der Waals surface area contributed by atoms with E-state index in [0.717, 1.165) is 56.6 Å². The Morgan fingerprint density at radius 1 is 1.45 bits per heavy atom. The lowest BCUT2D eigenvalue weighted by molar-refractivity contribution is -0.132. The van der Waals surface area contributed by atoms with Gasteiger partial charge < -0.3 is 10.2 Å². The summed E-state index contributed by atoms with van der Waals surface area (Å²) in [5.41, 5.74) is 2.45. The molecule has 22 heavy (non-hydrogen) atoms. The van der Waals surface area contributed by atoms with Crippen molar-refractivity contribution in [3.8, 4) is 0 Å². The average molecular weight is 327 g/mol. The number of carbonyl (C=O) groups excluding carboxylic acids is 1. The van der Waals surface area contributed by atoms with Crippen LogP contribution in [0, 0.1) is 11.3 Å². The fourth-order valence-corrected chi connectivity index (χ4v) is 3.65. The highest BCUT2D eigenvalue weighted by Crippen LogP contribution is 2.59. The van der Waals surface area contributed by atoms with Gasteiger partial charge in [0.25, 0.3) is 0 Å². The molecule has 1 aromatic heterocycles. The zero-order valence-electron chi connectivity index (χ0n) is 13.5. The summed E-state index contributed by atoms with van der Waals surface area (Å²) in [4.78, 5) is 14.5. The van der Waals surface area contributed by atoms with Crippen molar-refractivity contribution in [1.29, 1.82) is 0 Å². The summed E-state index contributed by atoms with van der Waals surface area (Å²) in [5, 5.41) is 10.7. The first-order valence-electron chi connectivity index (χ1n) is 8.13. The van der Waals surface area contributed by atoms with Crippen LogP contribution in [0.25, 0.3) is 0 Å². The summed E-state index contributed by atoms with van der Waals surface area (Å²) in [6.45, 7) is 4.92. The molecule has 1 saturated carbocycles. The Kier molecular flexibility index (Phi) is 5.50. The van der Waals surface area contributed by atoms with Crippen LogP contribution in [0.3, 0.4) is 0 Å². The molecule has 1 spiro atoms. The lowest BCUT2D eigenvalue weighted by Gasteiger charge is -2.25. The largest absolute Gasteiger partial charge is 0.340 e. The molecule has 5 nitrogen and oxygen atoms in total. The Hall–Kier alpha value is -1.07. The summed E-state index contributed by atoms with van der Waals surface area (Å²) >= 11 is 0. The molecule has 1 atom stereocenters. The predicted octanol–water partition coefficient (Wildman–Crippen LogP) is 2.13. The number of carbonyl (C=O) groups is 1. The third-order valence-corrected chi connectivity index (χ3v) is 5.06. The Labute approximate surface area is 138 Å². The molecule has 1 unspecified atom stereocenters. The highest BCUT2D eigenvalue weighted by molar-refractivity contribution is 5.85. The van der Waals surface area contributed by atoms with Gasteiger partial charge in [-0.3, -0.25) is 9.89 Å².